The second kappa shape index (κ2) is 6.08. The van der Waals surface area contributed by atoms with E-state index in [0.29, 0.717) is 5.82 Å². The molecule has 1 rings (SSSR count). The summed E-state index contributed by atoms with van der Waals surface area (Å²) < 4.78 is 0. The summed E-state index contributed by atoms with van der Waals surface area (Å²) in [5.74, 6) is 5.32. The largest absolute Gasteiger partial charge is 0.368 e. The van der Waals surface area contributed by atoms with Gasteiger partial charge in [0.25, 0.3) is 0 Å². The van der Waals surface area contributed by atoms with E-state index in [4.69, 9.17) is 34.8 Å². The Hall–Kier alpha value is -1.24. The maximum atomic E-state index is 11.3. The summed E-state index contributed by atoms with van der Waals surface area (Å²) in [7, 11) is 0. The molecule has 0 saturated carbocycles. The van der Waals surface area contributed by atoms with E-state index in [-0.39, 0.29) is 21.8 Å². The van der Waals surface area contributed by atoms with Crippen molar-refractivity contribution in [3.05, 3.63) is 16.1 Å². The molecule has 100 valence electrons. The molecule has 0 aliphatic heterocycles. The van der Waals surface area contributed by atoms with Crippen molar-refractivity contribution in [1.82, 2.24) is 4.98 Å². The van der Waals surface area contributed by atoms with E-state index in [1.807, 2.05) is 13.8 Å². The number of carbonyl (C=O) groups excluding carboxylic acids is 1. The van der Waals surface area contributed by atoms with Crippen LogP contribution in [-0.2, 0) is 4.79 Å². The molecular formula is C10H15Cl2N5O. The second-order valence-corrected chi connectivity index (χ2v) is 4.88. The fraction of sp³-hybridized carbons (Fsp3) is 0.400. The molecule has 6 nitrogen and oxygen atoms in total. The quantitative estimate of drug-likeness (QED) is 0.487. The number of hydrogen-bond acceptors (Lipinski definition) is 5. The van der Waals surface area contributed by atoms with Crippen LogP contribution in [-0.4, -0.2) is 16.9 Å². The Kier molecular flexibility index (Phi) is 5.01. The number of carbonyl (C=O) groups is 1. The van der Waals surface area contributed by atoms with Gasteiger partial charge in [-0.1, -0.05) is 37.0 Å². The molecule has 0 spiro atoms. The monoisotopic (exact) mass is 291 g/mol. The molecule has 1 amide bonds. The average Bonchev–Trinajstić information content (AvgIpc) is 2.26. The minimum atomic E-state index is -0.582. The summed E-state index contributed by atoms with van der Waals surface area (Å²) >= 11 is 11.8. The van der Waals surface area contributed by atoms with E-state index in [1.165, 1.54) is 6.07 Å². The third-order valence-electron chi connectivity index (χ3n) is 2.33. The van der Waals surface area contributed by atoms with E-state index in [0.717, 1.165) is 0 Å². The molecule has 1 atom stereocenters. The van der Waals surface area contributed by atoms with Crippen LogP contribution in [0, 0.1) is 5.92 Å². The third kappa shape index (κ3) is 3.38. The summed E-state index contributed by atoms with van der Waals surface area (Å²) in [6.45, 7) is 3.71. The summed E-state index contributed by atoms with van der Waals surface area (Å²) in [6, 6.07) is 0.897. The van der Waals surface area contributed by atoms with Crippen molar-refractivity contribution < 1.29 is 4.79 Å². The van der Waals surface area contributed by atoms with Crippen LogP contribution < -0.4 is 22.3 Å². The van der Waals surface area contributed by atoms with Gasteiger partial charge >= 0.3 is 0 Å². The second-order valence-electron chi connectivity index (χ2n) is 4.06. The van der Waals surface area contributed by atoms with E-state index in [9.17, 15) is 4.79 Å². The van der Waals surface area contributed by atoms with E-state index >= 15 is 0 Å². The molecule has 18 heavy (non-hydrogen) atoms. The lowest BCUT2D eigenvalue weighted by molar-refractivity contribution is -0.119. The number of hydrazine groups is 1. The highest BCUT2D eigenvalue weighted by molar-refractivity contribution is 6.37. The smallest absolute Gasteiger partial charge is 0.240 e. The lowest BCUT2D eigenvalue weighted by atomic mass is 10.0. The average molecular weight is 292 g/mol. The number of nitrogens with zero attached hydrogens (tertiary/aromatic N) is 1. The van der Waals surface area contributed by atoms with Gasteiger partial charge in [0.05, 0.1) is 10.0 Å². The molecule has 0 fully saturated rings. The van der Waals surface area contributed by atoms with Crippen molar-refractivity contribution in [3.8, 4) is 0 Å². The van der Waals surface area contributed by atoms with Gasteiger partial charge in [-0.05, 0) is 12.0 Å². The lowest BCUT2D eigenvalue weighted by Gasteiger charge is -2.20. The molecule has 6 N–H and O–H groups in total. The highest BCUT2D eigenvalue weighted by Crippen LogP contribution is 2.29. The molecule has 0 aliphatic rings. The van der Waals surface area contributed by atoms with Gasteiger partial charge in [-0.15, -0.1) is 0 Å². The Balaban J connectivity index is 3.06. The first-order chi connectivity index (χ1) is 8.36. The molecule has 0 aromatic carbocycles. The van der Waals surface area contributed by atoms with Gasteiger partial charge in [0.15, 0.2) is 5.82 Å². The van der Waals surface area contributed by atoms with Crippen LogP contribution in [0.15, 0.2) is 6.07 Å². The van der Waals surface area contributed by atoms with Crippen molar-refractivity contribution in [2.24, 2.45) is 17.5 Å². The summed E-state index contributed by atoms with van der Waals surface area (Å²) in [5.41, 5.74) is 7.63. The minimum Gasteiger partial charge on any atom is -0.368 e. The molecule has 0 saturated heterocycles. The highest BCUT2D eigenvalue weighted by atomic mass is 35.5. The molecule has 0 bridgehead atoms. The molecule has 0 aliphatic carbocycles. The van der Waals surface area contributed by atoms with Crippen molar-refractivity contribution in [2.75, 3.05) is 10.7 Å². The summed E-state index contributed by atoms with van der Waals surface area (Å²) in [4.78, 5) is 15.4. The molecule has 1 aromatic heterocycles. The van der Waals surface area contributed by atoms with Gasteiger partial charge in [0, 0.05) is 0 Å². The first kappa shape index (κ1) is 14.8. The van der Waals surface area contributed by atoms with Crippen LogP contribution in [0.5, 0.6) is 0 Å². The van der Waals surface area contributed by atoms with Crippen molar-refractivity contribution in [2.45, 2.75) is 19.9 Å². The molecule has 1 aromatic rings. The predicted octanol–water partition coefficient (Wildman–Crippen LogP) is 1.60. The Morgan fingerprint density at radius 1 is 1.33 bits per heavy atom. The molecular weight excluding hydrogens is 277 g/mol. The maximum Gasteiger partial charge on any atom is 0.240 e. The van der Waals surface area contributed by atoms with Gasteiger partial charge in [0.2, 0.25) is 5.91 Å². The predicted molar refractivity (Wildman–Crippen MR) is 73.5 cm³/mol. The van der Waals surface area contributed by atoms with E-state index in [1.54, 1.807) is 0 Å². The zero-order valence-corrected chi connectivity index (χ0v) is 11.5. The number of aromatic nitrogens is 1. The zero-order valence-electron chi connectivity index (χ0n) is 10.00. The number of nitrogens with one attached hydrogen (secondary N) is 2. The van der Waals surface area contributed by atoms with Crippen molar-refractivity contribution >= 4 is 40.7 Å². The highest BCUT2D eigenvalue weighted by Gasteiger charge is 2.21. The lowest BCUT2D eigenvalue weighted by Crippen LogP contribution is -2.39. The first-order valence-corrected chi connectivity index (χ1v) is 6.01. The summed E-state index contributed by atoms with van der Waals surface area (Å²) in [6.07, 6.45) is 0. The molecule has 1 unspecified atom stereocenters. The Labute approximate surface area is 115 Å². The topological polar surface area (TPSA) is 106 Å². The Morgan fingerprint density at radius 2 is 1.89 bits per heavy atom. The van der Waals surface area contributed by atoms with Crippen molar-refractivity contribution in [1.29, 1.82) is 0 Å². The fourth-order valence-corrected chi connectivity index (χ4v) is 1.85. The maximum absolute atomic E-state index is 11.3. The van der Waals surface area contributed by atoms with Gasteiger partial charge in [-0.3, -0.25) is 4.79 Å². The number of nitrogen functional groups attached to an aromatic ring is 1. The van der Waals surface area contributed by atoms with Crippen LogP contribution in [0.2, 0.25) is 10.0 Å². The van der Waals surface area contributed by atoms with Crippen LogP contribution >= 0.6 is 23.2 Å². The number of hydrogen-bond donors (Lipinski definition) is 4. The number of rotatable bonds is 5. The number of pyridine rings is 1. The number of nitrogens with two attached hydrogens (primary N) is 2. The first-order valence-electron chi connectivity index (χ1n) is 5.25. The van der Waals surface area contributed by atoms with Gasteiger partial charge in [-0.25, -0.2) is 10.8 Å². The van der Waals surface area contributed by atoms with Gasteiger partial charge < -0.3 is 16.5 Å². The molecule has 0 radical (unpaired) electrons. The van der Waals surface area contributed by atoms with Gasteiger partial charge in [-0.2, -0.15) is 0 Å². The zero-order chi connectivity index (χ0) is 13.9. The van der Waals surface area contributed by atoms with Crippen LogP contribution in [0.4, 0.5) is 11.6 Å². The molecule has 1 heterocycles. The third-order valence-corrected chi connectivity index (χ3v) is 2.91. The Morgan fingerprint density at radius 3 is 2.33 bits per heavy atom. The van der Waals surface area contributed by atoms with Crippen LogP contribution in [0.3, 0.4) is 0 Å². The number of amides is 1. The van der Waals surface area contributed by atoms with Crippen LogP contribution in [0.25, 0.3) is 0 Å². The van der Waals surface area contributed by atoms with Gasteiger partial charge in [0.1, 0.15) is 11.9 Å². The molecule has 8 heteroatoms. The summed E-state index contributed by atoms with van der Waals surface area (Å²) in [5, 5.41) is 3.44. The SMILES string of the molecule is CC(C)C(Nc1nc(NN)c(Cl)cc1Cl)C(N)=O. The van der Waals surface area contributed by atoms with Crippen molar-refractivity contribution in [3.63, 3.8) is 0 Å². The number of anilines is 2. The fourth-order valence-electron chi connectivity index (χ4n) is 1.38. The minimum absolute atomic E-state index is 0.00895. The van der Waals surface area contributed by atoms with Crippen LogP contribution in [0.1, 0.15) is 13.8 Å². The number of primary amides is 1. The van der Waals surface area contributed by atoms with E-state index < -0.39 is 11.9 Å². The Bertz CT molecular complexity index is 452. The normalized spacial score (nSPS) is 12.3. The van der Waals surface area contributed by atoms with E-state index in [2.05, 4.69) is 15.7 Å². The standard InChI is InChI=1S/C10H15Cl2N5O/c1-4(2)7(8(13)18)15-9-5(11)3-6(12)10(16-9)17-14/h3-4,7H,14H2,1-2H3,(H2,13,18)(H2,15,16,17). The number of halogens is 2.